The van der Waals surface area contributed by atoms with Crippen molar-refractivity contribution in [3.8, 4) is 5.75 Å². The van der Waals surface area contributed by atoms with Crippen molar-refractivity contribution in [3.63, 3.8) is 0 Å². The number of aliphatic hydroxyl groups is 1. The van der Waals surface area contributed by atoms with Gasteiger partial charge in [0.1, 0.15) is 11.9 Å². The minimum absolute atomic E-state index is 0.125. The second-order valence-corrected chi connectivity index (χ2v) is 7.73. The Labute approximate surface area is 112 Å². The van der Waals surface area contributed by atoms with Gasteiger partial charge in [0.2, 0.25) is 0 Å². The summed E-state index contributed by atoms with van der Waals surface area (Å²) in [5, 5.41) is 10.1. The summed E-state index contributed by atoms with van der Waals surface area (Å²) in [6.45, 7) is 2.80. The minimum Gasteiger partial charge on any atom is -0.497 e. The van der Waals surface area contributed by atoms with Crippen molar-refractivity contribution in [1.82, 2.24) is 0 Å². The van der Waals surface area contributed by atoms with Crippen LogP contribution in [0.15, 0.2) is 24.3 Å². The molecule has 0 aliphatic carbocycles. The van der Waals surface area contributed by atoms with E-state index in [2.05, 4.69) is 0 Å². The van der Waals surface area contributed by atoms with Crippen molar-refractivity contribution in [2.75, 3.05) is 12.9 Å². The molecule has 0 aliphatic heterocycles. The summed E-state index contributed by atoms with van der Waals surface area (Å²) < 4.78 is 26.9. The fourth-order valence-electron chi connectivity index (χ4n) is 1.54. The molecule has 0 aliphatic rings. The largest absolute Gasteiger partial charge is 0.497 e. The number of methoxy groups -OCH3 is 1. The number of aliphatic hydroxyl groups excluding tert-OH is 1. The molecule has 0 aromatic heterocycles. The van der Waals surface area contributed by atoms with Gasteiger partial charge in [0.15, 0.2) is 14.0 Å². The fraction of sp³-hybridized carbons (Fsp3) is 0.500. The molecular weight excluding hydrogens is 276 g/mol. The van der Waals surface area contributed by atoms with Gasteiger partial charge in [-0.15, -0.1) is 0 Å². The Morgan fingerprint density at radius 3 is 2.28 bits per heavy atom. The van der Waals surface area contributed by atoms with Crippen LogP contribution in [0.5, 0.6) is 5.75 Å². The molecule has 0 unspecified atom stereocenters. The predicted molar refractivity (Wildman–Crippen MR) is 71.7 cm³/mol. The zero-order valence-electron chi connectivity index (χ0n) is 10.6. The topological polar surface area (TPSA) is 63.6 Å². The number of hydrogen-bond donors (Lipinski definition) is 1. The number of ether oxygens (including phenoxy) is 1. The Balaban J connectivity index is 3.09. The van der Waals surface area contributed by atoms with Crippen molar-refractivity contribution in [1.29, 1.82) is 0 Å². The summed E-state index contributed by atoms with van der Waals surface area (Å²) in [4.78, 5) is 0. The van der Waals surface area contributed by atoms with Crippen LogP contribution >= 0.6 is 11.6 Å². The molecule has 0 radical (unpaired) electrons. The van der Waals surface area contributed by atoms with Gasteiger partial charge in [-0.25, -0.2) is 8.42 Å². The normalized spacial score (nSPS) is 16.9. The maximum absolute atomic E-state index is 11.8. The number of hydrogen-bond acceptors (Lipinski definition) is 4. The maximum Gasteiger partial charge on any atom is 0.172 e. The van der Waals surface area contributed by atoms with Gasteiger partial charge >= 0.3 is 0 Å². The molecule has 1 aromatic rings. The van der Waals surface area contributed by atoms with Crippen molar-refractivity contribution < 1.29 is 18.3 Å². The Bertz CT molecular complexity index is 493. The standard InChI is InChI=1S/C12H17ClO4S/c1-4-18(15,16)12(2,13)11(14)9-5-7-10(17-3)8-6-9/h5-8,11,14H,4H2,1-3H3/t11-,12-/m0/s1. The zero-order chi connectivity index (χ0) is 14.0. The summed E-state index contributed by atoms with van der Waals surface area (Å²) in [5.41, 5.74) is 0.435. The van der Waals surface area contributed by atoms with Crippen LogP contribution in [0, 0.1) is 0 Å². The van der Waals surface area contributed by atoms with Gasteiger partial charge < -0.3 is 9.84 Å². The Morgan fingerprint density at radius 1 is 1.39 bits per heavy atom. The lowest BCUT2D eigenvalue weighted by atomic mass is 10.1. The number of rotatable bonds is 5. The highest BCUT2D eigenvalue weighted by atomic mass is 35.5. The Morgan fingerprint density at radius 2 is 1.89 bits per heavy atom. The zero-order valence-corrected chi connectivity index (χ0v) is 12.1. The molecule has 102 valence electrons. The minimum atomic E-state index is -3.58. The first-order valence-corrected chi connectivity index (χ1v) is 7.52. The van der Waals surface area contributed by atoms with Gasteiger partial charge in [-0.2, -0.15) is 0 Å². The van der Waals surface area contributed by atoms with Crippen LogP contribution in [0.2, 0.25) is 0 Å². The summed E-state index contributed by atoms with van der Waals surface area (Å²) in [6.07, 6.45) is -1.30. The van der Waals surface area contributed by atoms with Crippen molar-refractivity contribution in [2.45, 2.75) is 24.2 Å². The van der Waals surface area contributed by atoms with E-state index in [1.165, 1.54) is 21.0 Å². The molecule has 0 saturated carbocycles. The third-order valence-corrected chi connectivity index (χ3v) is 6.02. The molecule has 0 heterocycles. The summed E-state index contributed by atoms with van der Waals surface area (Å²) in [5.74, 6) is 0.501. The molecule has 0 bridgehead atoms. The highest BCUT2D eigenvalue weighted by molar-refractivity contribution is 7.94. The van der Waals surface area contributed by atoms with Crippen LogP contribution in [-0.4, -0.2) is 30.6 Å². The van der Waals surface area contributed by atoms with Crippen molar-refractivity contribution >= 4 is 21.4 Å². The van der Waals surface area contributed by atoms with Crippen LogP contribution < -0.4 is 4.74 Å². The van der Waals surface area contributed by atoms with Crippen LogP contribution in [0.4, 0.5) is 0 Å². The Kier molecular flexibility index (Phi) is 4.64. The lowest BCUT2D eigenvalue weighted by Crippen LogP contribution is -2.37. The van der Waals surface area contributed by atoms with E-state index in [9.17, 15) is 13.5 Å². The highest BCUT2D eigenvalue weighted by Crippen LogP contribution is 2.37. The van der Waals surface area contributed by atoms with Gasteiger partial charge in [-0.1, -0.05) is 30.7 Å². The number of halogens is 1. The van der Waals surface area contributed by atoms with E-state index >= 15 is 0 Å². The number of alkyl halides is 1. The average Bonchev–Trinajstić information content (AvgIpc) is 2.37. The smallest absolute Gasteiger partial charge is 0.172 e. The van der Waals surface area contributed by atoms with E-state index in [0.29, 0.717) is 11.3 Å². The molecule has 6 heteroatoms. The predicted octanol–water partition coefficient (Wildman–Crippen LogP) is 2.12. The third-order valence-electron chi connectivity index (χ3n) is 2.91. The summed E-state index contributed by atoms with van der Waals surface area (Å²) >= 11 is 6.02. The molecule has 2 atom stereocenters. The molecule has 0 saturated heterocycles. The van der Waals surface area contributed by atoms with E-state index in [-0.39, 0.29) is 5.75 Å². The summed E-state index contributed by atoms with van der Waals surface area (Å²) in [6, 6.07) is 6.47. The molecule has 1 N–H and O–H groups in total. The van der Waals surface area contributed by atoms with E-state index in [1.807, 2.05) is 0 Å². The van der Waals surface area contributed by atoms with Gasteiger partial charge in [-0.05, 0) is 24.6 Å². The molecular formula is C12H17ClO4S. The van der Waals surface area contributed by atoms with E-state index in [1.54, 1.807) is 24.3 Å². The van der Waals surface area contributed by atoms with Crippen LogP contribution in [0.1, 0.15) is 25.5 Å². The van der Waals surface area contributed by atoms with Crippen molar-refractivity contribution in [2.24, 2.45) is 0 Å². The van der Waals surface area contributed by atoms with E-state index < -0.39 is 20.1 Å². The molecule has 4 nitrogen and oxygen atoms in total. The molecule has 0 amide bonds. The van der Waals surface area contributed by atoms with Crippen LogP contribution in [0.3, 0.4) is 0 Å². The monoisotopic (exact) mass is 292 g/mol. The summed E-state index contributed by atoms with van der Waals surface area (Å²) in [7, 11) is -2.05. The molecule has 0 spiro atoms. The van der Waals surface area contributed by atoms with Crippen LogP contribution in [0.25, 0.3) is 0 Å². The lowest BCUT2D eigenvalue weighted by molar-refractivity contribution is 0.162. The molecule has 0 fully saturated rings. The Hall–Kier alpha value is -0.780. The fourth-order valence-corrected chi connectivity index (χ4v) is 3.03. The SMILES string of the molecule is CCS(=O)(=O)[C@](C)(Cl)[C@@H](O)c1ccc(OC)cc1. The lowest BCUT2D eigenvalue weighted by Gasteiger charge is -2.27. The molecule has 18 heavy (non-hydrogen) atoms. The highest BCUT2D eigenvalue weighted by Gasteiger charge is 2.43. The van der Waals surface area contributed by atoms with Crippen LogP contribution in [-0.2, 0) is 9.84 Å². The first-order valence-electron chi connectivity index (χ1n) is 5.49. The van der Waals surface area contributed by atoms with E-state index in [4.69, 9.17) is 16.3 Å². The maximum atomic E-state index is 11.8. The van der Waals surface area contributed by atoms with Gasteiger partial charge in [0.05, 0.1) is 7.11 Å². The van der Waals surface area contributed by atoms with Crippen molar-refractivity contribution in [3.05, 3.63) is 29.8 Å². The molecule has 1 rings (SSSR count). The second kappa shape index (κ2) is 5.47. The van der Waals surface area contributed by atoms with E-state index in [0.717, 1.165) is 0 Å². The van der Waals surface area contributed by atoms with Gasteiger partial charge in [0.25, 0.3) is 0 Å². The first kappa shape index (κ1) is 15.3. The molecule has 1 aromatic carbocycles. The third kappa shape index (κ3) is 2.79. The number of sulfone groups is 1. The quantitative estimate of drug-likeness (QED) is 0.844. The second-order valence-electron chi connectivity index (χ2n) is 4.07. The first-order chi connectivity index (χ1) is 8.26. The van der Waals surface area contributed by atoms with Gasteiger partial charge in [0, 0.05) is 5.75 Å². The number of benzene rings is 1. The average molecular weight is 293 g/mol. The van der Waals surface area contributed by atoms with Gasteiger partial charge in [-0.3, -0.25) is 0 Å².